The summed E-state index contributed by atoms with van der Waals surface area (Å²) in [5, 5.41) is -28.6. The molecule has 0 fully saturated rings. The highest BCUT2D eigenvalue weighted by Gasteiger charge is 2.85. The molecule has 0 saturated heterocycles. The van der Waals surface area contributed by atoms with Gasteiger partial charge in [0.05, 0.1) is 31.5 Å². The van der Waals surface area contributed by atoms with E-state index in [4.69, 9.17) is 18.9 Å². The summed E-state index contributed by atoms with van der Waals surface area (Å²) >= 11 is 0.951. The molecule has 0 aromatic heterocycles. The normalized spacial score (nSPS) is 13.4. The number of carbonyl (C=O) groups is 4. The Morgan fingerprint density at radius 1 is 0.495 bits per heavy atom. The number of unbranched alkanes of at least 4 members (excludes halogenated alkanes) is 9. The second-order valence-corrected chi connectivity index (χ2v) is 29.7. The minimum atomic E-state index is -7.92. The van der Waals surface area contributed by atoms with Crippen molar-refractivity contribution in [2.45, 2.75) is 121 Å². The Hall–Kier alpha value is -5.68. The number of rotatable bonds is 39. The first-order valence-electron chi connectivity index (χ1n) is 24.6. The molecule has 0 radical (unpaired) electrons. The topological polar surface area (TPSA) is 353 Å². The first-order valence-corrected chi connectivity index (χ1v) is 34.8. The third kappa shape index (κ3) is 23.1. The number of esters is 4. The number of hydrogen-bond donors (Lipinski definition) is 2. The summed E-state index contributed by atoms with van der Waals surface area (Å²) < 4.78 is 368. The van der Waals surface area contributed by atoms with E-state index in [9.17, 15) is 136 Å². The van der Waals surface area contributed by atoms with Gasteiger partial charge < -0.3 is 27.3 Å². The summed E-state index contributed by atoms with van der Waals surface area (Å²) in [6, 6.07) is 5.58. The lowest BCUT2D eigenvalue weighted by atomic mass is 10.1. The van der Waals surface area contributed by atoms with Crippen LogP contribution in [0.25, 0.3) is 0 Å². The second-order valence-electron chi connectivity index (χ2n) is 18.0. The highest BCUT2D eigenvalue weighted by molar-refractivity contribution is 8.06. The Balaban J connectivity index is 0.000000928. The summed E-state index contributed by atoms with van der Waals surface area (Å²) in [6.45, 7) is 7.90. The van der Waals surface area contributed by atoms with E-state index in [0.717, 1.165) is 81.3 Å². The molecular formula is C45H53F15N2O22S7. The SMILES string of the molecule is C=C(C)C(=O)OCCOC(=O)CCSc1ccc(OS(=O)(=O)C(F)(F)C(F)(F)C(F)(F)S(=O)(=O)NS(C)(=O)=O)cc1.C=CC(=O)OCCCCCCCCCCCCOC(=O)c1ccc(OS(=O)(=O)C(F)(F)C(F)(F)C(F)(F)S(=O)(=O)NS(=O)(=O)C(F)(F)F)cc1. The average Bonchev–Trinajstić information content (AvgIpc) is 0.728. The van der Waals surface area contributed by atoms with Crippen molar-refractivity contribution in [2.75, 3.05) is 38.4 Å². The molecule has 46 heteroatoms. The predicted octanol–water partition coefficient (Wildman–Crippen LogP) is 8.01. The standard InChI is InChI=1S/C26H32F9NO11S3.C19H21F6NO11S4/c1-2-21(37)45-17-11-9-7-5-3-4-6-8-10-12-18-46-22(38)19-13-15-20(16-14-19)47-50(43,44)25(31,32)23(27,28)24(29,30)48(39,40)36-49(41,42)26(33,34)35;1-12(2)16(28)36-10-9-35-15(27)8-11-38-14-6-4-13(5-7-14)37-41(33,34)19(24,25)17(20,21)18(22,23)40(31,32)26-39(3,29)30/h2,13-16,36H,1,3-12,17-18H2;4-7,26H,1,8-11H2,2-3H3. The van der Waals surface area contributed by atoms with Gasteiger partial charge in [0.2, 0.25) is 10.0 Å². The molecule has 0 aliphatic heterocycles. The molecule has 0 aliphatic rings. The number of thioether (sulfide) groups is 1. The molecule has 0 atom stereocenters. The Morgan fingerprint density at radius 2 is 0.868 bits per heavy atom. The van der Waals surface area contributed by atoms with Crippen LogP contribution in [-0.4, -0.2) is 151 Å². The molecule has 0 saturated carbocycles. The van der Waals surface area contributed by atoms with Gasteiger partial charge in [-0.3, -0.25) is 4.79 Å². The lowest BCUT2D eigenvalue weighted by Gasteiger charge is -2.31. The number of carbonyl (C=O) groups excluding carboxylic acids is 4. The third-order valence-electron chi connectivity index (χ3n) is 10.6. The predicted molar refractivity (Wildman–Crippen MR) is 285 cm³/mol. The van der Waals surface area contributed by atoms with E-state index in [-0.39, 0.29) is 58.4 Å². The number of sulfonamides is 4. The second kappa shape index (κ2) is 32.9. The number of alkyl halides is 15. The summed E-state index contributed by atoms with van der Waals surface area (Å²) in [5.74, 6) is -20.0. The van der Waals surface area contributed by atoms with Crippen molar-refractivity contribution in [3.05, 3.63) is 78.9 Å². The maximum absolute atomic E-state index is 14.3. The lowest BCUT2D eigenvalue weighted by Crippen LogP contribution is -2.64. The van der Waals surface area contributed by atoms with Crippen molar-refractivity contribution in [1.82, 2.24) is 8.25 Å². The first kappa shape index (κ1) is 83.3. The molecule has 2 aromatic carbocycles. The fourth-order valence-corrected chi connectivity index (χ4v) is 13.6. The molecule has 522 valence electrons. The van der Waals surface area contributed by atoms with Crippen LogP contribution >= 0.6 is 11.8 Å². The third-order valence-corrected chi connectivity index (χ3v) is 20.5. The van der Waals surface area contributed by atoms with E-state index in [2.05, 4.69) is 21.5 Å². The monoisotopic (exact) mass is 1480 g/mol. The smallest absolute Gasteiger partial charge is 0.463 e. The van der Waals surface area contributed by atoms with Crippen LogP contribution in [0.1, 0.15) is 87.9 Å². The van der Waals surface area contributed by atoms with Gasteiger partial charge in [0.25, 0.3) is 20.0 Å². The van der Waals surface area contributed by atoms with Crippen LogP contribution in [0.2, 0.25) is 0 Å². The van der Waals surface area contributed by atoms with E-state index < -0.39 is 138 Å². The largest absolute Gasteiger partial charge is 0.512 e. The zero-order valence-corrected chi connectivity index (χ0v) is 52.1. The van der Waals surface area contributed by atoms with E-state index in [0.29, 0.717) is 55.8 Å². The molecular weight excluding hydrogens is 1430 g/mol. The minimum Gasteiger partial charge on any atom is -0.463 e. The van der Waals surface area contributed by atoms with Gasteiger partial charge in [0, 0.05) is 22.3 Å². The number of nitrogens with one attached hydrogen (secondary N) is 2. The van der Waals surface area contributed by atoms with Gasteiger partial charge >= 0.3 is 92.5 Å². The summed E-state index contributed by atoms with van der Waals surface area (Å²) in [6.07, 6.45) is 9.42. The highest BCUT2D eigenvalue weighted by atomic mass is 32.3. The van der Waals surface area contributed by atoms with E-state index >= 15 is 0 Å². The van der Waals surface area contributed by atoms with Gasteiger partial charge in [-0.1, -0.05) is 68.7 Å². The molecule has 91 heavy (non-hydrogen) atoms. The van der Waals surface area contributed by atoms with Gasteiger partial charge in [-0.15, -0.1) is 15.9 Å². The van der Waals surface area contributed by atoms with Crippen LogP contribution in [0, 0.1) is 0 Å². The number of ether oxygens (including phenoxy) is 4. The number of halogens is 15. The van der Waals surface area contributed by atoms with Gasteiger partial charge in [-0.25, -0.2) is 48.1 Å². The lowest BCUT2D eigenvalue weighted by molar-refractivity contribution is -0.245. The Labute approximate surface area is 514 Å². The summed E-state index contributed by atoms with van der Waals surface area (Å²) in [7, 11) is -42.0. The first-order chi connectivity index (χ1) is 41.1. The van der Waals surface area contributed by atoms with Gasteiger partial charge in [0.1, 0.15) is 24.7 Å². The van der Waals surface area contributed by atoms with Crippen molar-refractivity contribution in [2.24, 2.45) is 0 Å². The van der Waals surface area contributed by atoms with Crippen molar-refractivity contribution >= 4 is 96.0 Å². The summed E-state index contributed by atoms with van der Waals surface area (Å²) in [5.41, 5.74) is -6.89. The average molecular weight is 1480 g/mol. The van der Waals surface area contributed by atoms with E-state index in [1.807, 2.05) is 0 Å². The van der Waals surface area contributed by atoms with Crippen LogP contribution in [0.5, 0.6) is 11.5 Å². The molecule has 0 amide bonds. The van der Waals surface area contributed by atoms with Crippen molar-refractivity contribution in [3.63, 3.8) is 0 Å². The zero-order chi connectivity index (χ0) is 70.7. The number of hydrogen-bond acceptors (Lipinski definition) is 23. The van der Waals surface area contributed by atoms with Crippen LogP contribution in [0.3, 0.4) is 0 Å². The van der Waals surface area contributed by atoms with Gasteiger partial charge in [-0.2, -0.15) is 82.7 Å². The van der Waals surface area contributed by atoms with Crippen molar-refractivity contribution in [1.29, 1.82) is 0 Å². The quantitative estimate of drug-likeness (QED) is 0.0122. The highest BCUT2D eigenvalue weighted by Crippen LogP contribution is 2.53. The minimum absolute atomic E-state index is 0.0561. The maximum Gasteiger partial charge on any atom is 0.512 e. The molecule has 0 spiro atoms. The van der Waals surface area contributed by atoms with Gasteiger partial charge in [-0.05, 0) is 68.3 Å². The molecule has 0 bridgehead atoms. The van der Waals surface area contributed by atoms with Crippen molar-refractivity contribution < 1.29 is 163 Å². The van der Waals surface area contributed by atoms with Gasteiger partial charge in [0.15, 0.2) is 0 Å². The Kier molecular flexibility index (Phi) is 30.2. The molecule has 0 unspecified atom stereocenters. The molecule has 2 aromatic rings. The maximum atomic E-state index is 14.3. The number of benzene rings is 2. The zero-order valence-electron chi connectivity index (χ0n) is 46.4. The molecule has 0 aliphatic carbocycles. The van der Waals surface area contributed by atoms with Crippen LogP contribution in [0.4, 0.5) is 65.9 Å². The summed E-state index contributed by atoms with van der Waals surface area (Å²) in [4.78, 5) is 46.2. The van der Waals surface area contributed by atoms with E-state index in [1.54, 1.807) is 0 Å². The molecule has 0 heterocycles. The fourth-order valence-electron chi connectivity index (χ4n) is 5.92. The van der Waals surface area contributed by atoms with Crippen molar-refractivity contribution in [3.8, 4) is 11.5 Å². The van der Waals surface area contributed by atoms with E-state index in [1.165, 1.54) is 6.92 Å². The Morgan fingerprint density at radius 3 is 1.25 bits per heavy atom. The molecule has 2 N–H and O–H groups in total. The van der Waals surface area contributed by atoms with Crippen LogP contribution in [-0.2, 0) is 93.7 Å². The van der Waals surface area contributed by atoms with Crippen LogP contribution < -0.4 is 16.6 Å². The fraction of sp³-hybridized carbons (Fsp3) is 0.556. The Bertz CT molecular complexity index is 3560. The molecule has 24 nitrogen and oxygen atoms in total. The molecule has 2 rings (SSSR count). The van der Waals surface area contributed by atoms with Crippen LogP contribution in [0.15, 0.2) is 78.2 Å².